The van der Waals surface area contributed by atoms with Crippen LogP contribution in [-0.4, -0.2) is 24.6 Å². The standard InChI is InChI=1S/C7H10N4O2S/c1-14-7(11-3-5(9)12)4(2-8)6(10)13/h11H,3H2,1H3,(H2,9,12)(H2,10,13)/b7-4+. The first-order valence-corrected chi connectivity index (χ1v) is 4.75. The number of nitrogens with zero attached hydrogens (tertiary/aromatic N) is 1. The summed E-state index contributed by atoms with van der Waals surface area (Å²) in [6.45, 7) is -0.144. The van der Waals surface area contributed by atoms with Crippen LogP contribution in [-0.2, 0) is 9.59 Å². The summed E-state index contributed by atoms with van der Waals surface area (Å²) in [7, 11) is 0. The molecule has 0 heterocycles. The number of nitriles is 1. The zero-order chi connectivity index (χ0) is 11.1. The molecule has 0 fully saturated rings. The maximum absolute atomic E-state index is 10.7. The number of amides is 2. The Hall–Kier alpha value is -1.68. The van der Waals surface area contributed by atoms with Gasteiger partial charge < -0.3 is 16.8 Å². The average Bonchev–Trinajstić information content (AvgIpc) is 2.10. The highest BCUT2D eigenvalue weighted by Gasteiger charge is 2.11. The largest absolute Gasteiger partial charge is 0.370 e. The zero-order valence-electron chi connectivity index (χ0n) is 7.53. The minimum Gasteiger partial charge on any atom is -0.370 e. The molecule has 7 heteroatoms. The summed E-state index contributed by atoms with van der Waals surface area (Å²) >= 11 is 1.11. The van der Waals surface area contributed by atoms with E-state index in [-0.39, 0.29) is 17.1 Å². The highest BCUT2D eigenvalue weighted by atomic mass is 32.2. The first-order valence-electron chi connectivity index (χ1n) is 3.53. The number of hydrogen-bond donors (Lipinski definition) is 3. The van der Waals surface area contributed by atoms with Crippen molar-refractivity contribution in [3.63, 3.8) is 0 Å². The van der Waals surface area contributed by atoms with E-state index in [2.05, 4.69) is 5.32 Å². The van der Waals surface area contributed by atoms with Crippen molar-refractivity contribution in [2.75, 3.05) is 12.8 Å². The van der Waals surface area contributed by atoms with Gasteiger partial charge in [-0.05, 0) is 6.26 Å². The Balaban J connectivity index is 4.74. The SMILES string of the molecule is CS/C(NCC(N)=O)=C(\C#N)C(N)=O. The third-order valence-corrected chi connectivity index (χ3v) is 1.97. The van der Waals surface area contributed by atoms with Gasteiger partial charge in [0.15, 0.2) is 0 Å². The normalized spacial score (nSPS) is 11.1. The van der Waals surface area contributed by atoms with Gasteiger partial charge in [-0.1, -0.05) is 0 Å². The van der Waals surface area contributed by atoms with Crippen molar-refractivity contribution in [3.8, 4) is 6.07 Å². The fraction of sp³-hybridized carbons (Fsp3) is 0.286. The third-order valence-electron chi connectivity index (χ3n) is 1.21. The molecule has 0 rings (SSSR count). The fourth-order valence-electron chi connectivity index (χ4n) is 0.648. The van der Waals surface area contributed by atoms with Crippen molar-refractivity contribution in [2.24, 2.45) is 11.5 Å². The second kappa shape index (κ2) is 5.88. The van der Waals surface area contributed by atoms with Crippen LogP contribution in [0.15, 0.2) is 10.6 Å². The number of primary amides is 2. The van der Waals surface area contributed by atoms with Crippen LogP contribution in [0, 0.1) is 11.3 Å². The van der Waals surface area contributed by atoms with Crippen molar-refractivity contribution in [1.29, 1.82) is 5.26 Å². The Morgan fingerprint density at radius 2 is 2.07 bits per heavy atom. The van der Waals surface area contributed by atoms with E-state index in [1.54, 1.807) is 12.3 Å². The van der Waals surface area contributed by atoms with Gasteiger partial charge in [0.25, 0.3) is 5.91 Å². The van der Waals surface area contributed by atoms with Crippen LogP contribution in [0.3, 0.4) is 0 Å². The van der Waals surface area contributed by atoms with E-state index in [1.807, 2.05) is 0 Å². The molecule has 0 aromatic rings. The van der Waals surface area contributed by atoms with Gasteiger partial charge >= 0.3 is 0 Å². The quantitative estimate of drug-likeness (QED) is 0.385. The number of thioether (sulfide) groups is 1. The topological polar surface area (TPSA) is 122 Å². The lowest BCUT2D eigenvalue weighted by Crippen LogP contribution is -2.29. The molecule has 0 atom stereocenters. The summed E-state index contributed by atoms with van der Waals surface area (Å²) in [4.78, 5) is 21.2. The van der Waals surface area contributed by atoms with Crippen LogP contribution in [0.1, 0.15) is 0 Å². The summed E-state index contributed by atoms with van der Waals surface area (Å²) in [5, 5.41) is 11.4. The number of nitrogens with one attached hydrogen (secondary N) is 1. The lowest BCUT2D eigenvalue weighted by atomic mass is 10.3. The minimum absolute atomic E-state index is 0.144. The van der Waals surface area contributed by atoms with Crippen LogP contribution in [0.25, 0.3) is 0 Å². The molecule has 0 saturated carbocycles. The average molecular weight is 214 g/mol. The summed E-state index contributed by atoms with van der Waals surface area (Å²) in [6, 6.07) is 1.65. The highest BCUT2D eigenvalue weighted by molar-refractivity contribution is 8.02. The monoisotopic (exact) mass is 214 g/mol. The molecule has 14 heavy (non-hydrogen) atoms. The van der Waals surface area contributed by atoms with E-state index in [0.717, 1.165) is 11.8 Å². The van der Waals surface area contributed by atoms with Gasteiger partial charge in [0.2, 0.25) is 5.91 Å². The van der Waals surface area contributed by atoms with Gasteiger partial charge in [-0.3, -0.25) is 9.59 Å². The van der Waals surface area contributed by atoms with Crippen LogP contribution in [0.2, 0.25) is 0 Å². The molecule has 0 bridgehead atoms. The first-order chi connectivity index (χ1) is 6.52. The molecule has 2 amide bonds. The molecule has 0 radical (unpaired) electrons. The van der Waals surface area contributed by atoms with E-state index < -0.39 is 11.8 Å². The molecule has 0 aliphatic rings. The Kier molecular flexibility index (Phi) is 5.17. The van der Waals surface area contributed by atoms with Crippen molar-refractivity contribution in [1.82, 2.24) is 5.32 Å². The van der Waals surface area contributed by atoms with E-state index in [4.69, 9.17) is 16.7 Å². The van der Waals surface area contributed by atoms with Crippen molar-refractivity contribution in [2.45, 2.75) is 0 Å². The molecule has 5 N–H and O–H groups in total. The minimum atomic E-state index is -0.839. The third kappa shape index (κ3) is 3.82. The summed E-state index contributed by atoms with van der Waals surface area (Å²) in [5.41, 5.74) is 9.61. The van der Waals surface area contributed by atoms with Gasteiger partial charge in [0.1, 0.15) is 11.6 Å². The number of hydrogen-bond acceptors (Lipinski definition) is 5. The lowest BCUT2D eigenvalue weighted by molar-refractivity contribution is -0.117. The maximum Gasteiger partial charge on any atom is 0.262 e. The molecular weight excluding hydrogens is 204 g/mol. The van der Waals surface area contributed by atoms with Gasteiger partial charge in [-0.15, -0.1) is 11.8 Å². The number of carbonyl (C=O) groups is 2. The Labute approximate surface area is 85.3 Å². The maximum atomic E-state index is 10.7. The second-order valence-electron chi connectivity index (χ2n) is 2.20. The van der Waals surface area contributed by atoms with Crippen LogP contribution in [0.5, 0.6) is 0 Å². The molecule has 76 valence electrons. The molecule has 0 unspecified atom stereocenters. The predicted molar refractivity (Wildman–Crippen MR) is 52.5 cm³/mol. The predicted octanol–water partition coefficient (Wildman–Crippen LogP) is -1.36. The second-order valence-corrected chi connectivity index (χ2v) is 3.02. The first kappa shape index (κ1) is 12.3. The molecule has 0 aromatic heterocycles. The van der Waals surface area contributed by atoms with Gasteiger partial charge in [-0.2, -0.15) is 5.26 Å². The molecule has 0 saturated heterocycles. The Morgan fingerprint density at radius 3 is 2.36 bits per heavy atom. The molecule has 0 aromatic carbocycles. The van der Waals surface area contributed by atoms with Gasteiger partial charge in [0.05, 0.1) is 11.6 Å². The highest BCUT2D eigenvalue weighted by Crippen LogP contribution is 2.12. The van der Waals surface area contributed by atoms with Crippen molar-refractivity contribution >= 4 is 23.6 Å². The molecule has 0 aliphatic heterocycles. The smallest absolute Gasteiger partial charge is 0.262 e. The lowest BCUT2D eigenvalue weighted by Gasteiger charge is -2.06. The molecule has 0 spiro atoms. The molecular formula is C7H10N4O2S. The number of rotatable bonds is 5. The Morgan fingerprint density at radius 1 is 1.50 bits per heavy atom. The van der Waals surface area contributed by atoms with E-state index >= 15 is 0 Å². The summed E-state index contributed by atoms with van der Waals surface area (Å²) in [5.74, 6) is -1.42. The van der Waals surface area contributed by atoms with Gasteiger partial charge in [-0.25, -0.2) is 0 Å². The van der Waals surface area contributed by atoms with E-state index in [0.29, 0.717) is 0 Å². The number of nitrogens with two attached hydrogens (primary N) is 2. The van der Waals surface area contributed by atoms with E-state index in [9.17, 15) is 9.59 Å². The summed E-state index contributed by atoms with van der Waals surface area (Å²) < 4.78 is 0. The summed E-state index contributed by atoms with van der Waals surface area (Å²) in [6.07, 6.45) is 1.64. The fourth-order valence-corrected chi connectivity index (χ4v) is 1.21. The molecule has 6 nitrogen and oxygen atoms in total. The van der Waals surface area contributed by atoms with Crippen LogP contribution in [0.4, 0.5) is 0 Å². The Bertz CT molecular complexity index is 318. The number of carbonyl (C=O) groups excluding carboxylic acids is 2. The van der Waals surface area contributed by atoms with Crippen LogP contribution >= 0.6 is 11.8 Å². The van der Waals surface area contributed by atoms with Crippen molar-refractivity contribution in [3.05, 3.63) is 10.6 Å². The zero-order valence-corrected chi connectivity index (χ0v) is 8.35. The van der Waals surface area contributed by atoms with Gasteiger partial charge in [0, 0.05) is 0 Å². The van der Waals surface area contributed by atoms with E-state index in [1.165, 1.54) is 0 Å². The van der Waals surface area contributed by atoms with Crippen molar-refractivity contribution < 1.29 is 9.59 Å². The molecule has 0 aliphatic carbocycles. The van der Waals surface area contributed by atoms with Crippen LogP contribution < -0.4 is 16.8 Å².